The molecule has 0 saturated heterocycles. The Kier molecular flexibility index (Phi) is 2.26. The molecule has 2 nitrogen and oxygen atoms in total. The van der Waals surface area contributed by atoms with Gasteiger partial charge in [-0.3, -0.25) is 0 Å². The van der Waals surface area contributed by atoms with E-state index in [1.807, 2.05) is 0 Å². The summed E-state index contributed by atoms with van der Waals surface area (Å²) in [6.07, 6.45) is 1.02. The minimum atomic E-state index is -1.65. The zero-order valence-electron chi connectivity index (χ0n) is 5.64. The van der Waals surface area contributed by atoms with Gasteiger partial charge in [-0.15, -0.1) is 0 Å². The van der Waals surface area contributed by atoms with Crippen LogP contribution >= 0.6 is 0 Å². The molecule has 5 heteroatoms. The van der Waals surface area contributed by atoms with Crippen molar-refractivity contribution in [1.29, 1.82) is 0 Å². The minimum absolute atomic E-state index is 0.566. The van der Waals surface area contributed by atoms with Gasteiger partial charge in [-0.05, 0) is 12.1 Å². The maximum Gasteiger partial charge on any atom is 0.240 e. The van der Waals surface area contributed by atoms with Crippen molar-refractivity contribution in [2.45, 2.75) is 0 Å². The predicted molar refractivity (Wildman–Crippen MR) is 34.1 cm³/mol. The lowest BCUT2D eigenvalue weighted by Gasteiger charge is -1.95. The van der Waals surface area contributed by atoms with Gasteiger partial charge in [0.2, 0.25) is 6.08 Å². The van der Waals surface area contributed by atoms with Gasteiger partial charge in [-0.1, -0.05) is 0 Å². The van der Waals surface area contributed by atoms with Crippen molar-refractivity contribution >= 4 is 11.8 Å². The van der Waals surface area contributed by atoms with E-state index >= 15 is 0 Å². The Morgan fingerprint density at radius 3 is 2.42 bits per heavy atom. The van der Waals surface area contributed by atoms with Crippen LogP contribution in [0.25, 0.3) is 0 Å². The Labute approximate surface area is 65.3 Å². The van der Waals surface area contributed by atoms with Gasteiger partial charge in [0.05, 0.1) is 0 Å². The Morgan fingerprint density at radius 2 is 1.83 bits per heavy atom. The van der Waals surface area contributed by atoms with Gasteiger partial charge < -0.3 is 0 Å². The highest BCUT2D eigenvalue weighted by molar-refractivity contribution is 5.49. The van der Waals surface area contributed by atoms with Crippen molar-refractivity contribution in [3.05, 3.63) is 29.6 Å². The van der Waals surface area contributed by atoms with E-state index in [1.165, 1.54) is 0 Å². The smallest absolute Gasteiger partial charge is 0.211 e. The molecular formula is C7H2F3NO. The summed E-state index contributed by atoms with van der Waals surface area (Å²) in [7, 11) is 0. The van der Waals surface area contributed by atoms with Crippen molar-refractivity contribution in [1.82, 2.24) is 0 Å². The number of benzene rings is 1. The number of isocyanates is 1. The Morgan fingerprint density at radius 1 is 1.17 bits per heavy atom. The van der Waals surface area contributed by atoms with E-state index in [0.29, 0.717) is 6.07 Å². The number of hydrogen-bond donors (Lipinski definition) is 0. The first-order chi connectivity index (χ1) is 5.66. The molecule has 0 atom stereocenters. The summed E-state index contributed by atoms with van der Waals surface area (Å²) in [5.41, 5.74) is -0.566. The van der Waals surface area contributed by atoms with E-state index in [-0.39, 0.29) is 0 Å². The molecular weight excluding hydrogens is 171 g/mol. The molecule has 62 valence electrons. The average molecular weight is 173 g/mol. The lowest BCUT2D eigenvalue weighted by molar-refractivity contribution is 0.448. The molecule has 1 rings (SSSR count). The number of rotatable bonds is 1. The first kappa shape index (κ1) is 8.49. The highest BCUT2D eigenvalue weighted by Gasteiger charge is 2.12. The normalized spacial score (nSPS) is 9.25. The van der Waals surface area contributed by atoms with Gasteiger partial charge in [-0.25, -0.2) is 18.0 Å². The SMILES string of the molecule is O=C=Nc1ccc(F)c(F)c1F. The van der Waals surface area contributed by atoms with Crippen molar-refractivity contribution in [2.75, 3.05) is 0 Å². The van der Waals surface area contributed by atoms with E-state index < -0.39 is 23.1 Å². The molecule has 1 aromatic rings. The van der Waals surface area contributed by atoms with Gasteiger partial charge in [0.1, 0.15) is 5.69 Å². The van der Waals surface area contributed by atoms with E-state index in [2.05, 4.69) is 4.99 Å². The van der Waals surface area contributed by atoms with Gasteiger partial charge in [-0.2, -0.15) is 4.99 Å². The second kappa shape index (κ2) is 3.19. The molecule has 1 aromatic carbocycles. The van der Waals surface area contributed by atoms with Crippen LogP contribution in [0.3, 0.4) is 0 Å². The van der Waals surface area contributed by atoms with Gasteiger partial charge in [0.15, 0.2) is 17.5 Å². The van der Waals surface area contributed by atoms with Crippen LogP contribution in [0, 0.1) is 17.5 Å². The van der Waals surface area contributed by atoms with Crippen molar-refractivity contribution in [2.24, 2.45) is 4.99 Å². The summed E-state index contributed by atoms with van der Waals surface area (Å²) in [4.78, 5) is 12.5. The molecule has 0 N–H and O–H groups in total. The van der Waals surface area contributed by atoms with Crippen LogP contribution in [-0.2, 0) is 4.79 Å². The first-order valence-electron chi connectivity index (χ1n) is 2.88. The largest absolute Gasteiger partial charge is 0.240 e. The third-order valence-electron chi connectivity index (χ3n) is 1.18. The van der Waals surface area contributed by atoms with Crippen molar-refractivity contribution < 1.29 is 18.0 Å². The van der Waals surface area contributed by atoms with Crippen LogP contribution in [0.2, 0.25) is 0 Å². The first-order valence-corrected chi connectivity index (χ1v) is 2.88. The number of aliphatic imine (C=N–C) groups is 1. The maximum atomic E-state index is 12.6. The zero-order valence-corrected chi connectivity index (χ0v) is 5.64. The summed E-state index contributed by atoms with van der Waals surface area (Å²) in [6.45, 7) is 0. The van der Waals surface area contributed by atoms with Crippen LogP contribution in [0.15, 0.2) is 17.1 Å². The Balaban J connectivity index is 3.35. The zero-order chi connectivity index (χ0) is 9.14. The second-order valence-corrected chi connectivity index (χ2v) is 1.90. The van der Waals surface area contributed by atoms with Gasteiger partial charge >= 0.3 is 0 Å². The summed E-state index contributed by atoms with van der Waals surface area (Å²) in [6, 6.07) is 1.52. The quantitative estimate of drug-likeness (QED) is 0.363. The topological polar surface area (TPSA) is 29.4 Å². The number of halogens is 3. The molecule has 0 aliphatic rings. The van der Waals surface area contributed by atoms with Crippen molar-refractivity contribution in [3.63, 3.8) is 0 Å². The van der Waals surface area contributed by atoms with Crippen molar-refractivity contribution in [3.8, 4) is 0 Å². The third-order valence-corrected chi connectivity index (χ3v) is 1.18. The summed E-state index contributed by atoms with van der Waals surface area (Å²) in [5.74, 6) is -4.46. The van der Waals surface area contributed by atoms with Gasteiger partial charge in [0.25, 0.3) is 0 Å². The molecule has 0 unspecified atom stereocenters. The molecule has 0 radical (unpaired) electrons. The lowest BCUT2D eigenvalue weighted by atomic mass is 10.3. The number of hydrogen-bond acceptors (Lipinski definition) is 2. The monoisotopic (exact) mass is 173 g/mol. The lowest BCUT2D eigenvalue weighted by Crippen LogP contribution is -1.89. The van der Waals surface area contributed by atoms with Crippen LogP contribution in [0.4, 0.5) is 18.9 Å². The number of nitrogens with zero attached hydrogens (tertiary/aromatic N) is 1. The molecule has 0 aliphatic carbocycles. The summed E-state index contributed by atoms with van der Waals surface area (Å²) in [5, 5.41) is 0. The second-order valence-electron chi connectivity index (χ2n) is 1.90. The van der Waals surface area contributed by atoms with E-state index in [9.17, 15) is 18.0 Å². The molecule has 0 fully saturated rings. The molecule has 0 heterocycles. The predicted octanol–water partition coefficient (Wildman–Crippen LogP) is 2.07. The fraction of sp³-hybridized carbons (Fsp3) is 0. The third kappa shape index (κ3) is 1.35. The molecule has 12 heavy (non-hydrogen) atoms. The Bertz CT molecular complexity index is 358. The van der Waals surface area contributed by atoms with Gasteiger partial charge in [0, 0.05) is 0 Å². The molecule has 0 aliphatic heterocycles. The maximum absolute atomic E-state index is 12.6. The van der Waals surface area contributed by atoms with E-state index in [0.717, 1.165) is 12.1 Å². The van der Waals surface area contributed by atoms with E-state index in [4.69, 9.17) is 0 Å². The summed E-state index contributed by atoms with van der Waals surface area (Å²) < 4.78 is 37.2. The van der Waals surface area contributed by atoms with Crippen LogP contribution in [0.1, 0.15) is 0 Å². The molecule has 0 saturated carbocycles. The van der Waals surface area contributed by atoms with E-state index in [1.54, 1.807) is 0 Å². The highest BCUT2D eigenvalue weighted by atomic mass is 19.2. The highest BCUT2D eigenvalue weighted by Crippen LogP contribution is 2.21. The fourth-order valence-corrected chi connectivity index (χ4v) is 0.651. The van der Waals surface area contributed by atoms with Crippen LogP contribution in [0.5, 0.6) is 0 Å². The standard InChI is InChI=1S/C7H2F3NO/c8-4-1-2-5(11-3-12)7(10)6(4)9/h1-2H. The minimum Gasteiger partial charge on any atom is -0.211 e. The number of carbonyl (C=O) groups excluding carboxylic acids is 1. The fourth-order valence-electron chi connectivity index (χ4n) is 0.651. The average Bonchev–Trinajstić information content (AvgIpc) is 2.07. The molecule has 0 aromatic heterocycles. The summed E-state index contributed by atoms with van der Waals surface area (Å²) >= 11 is 0. The van der Waals surface area contributed by atoms with Crippen LogP contribution < -0.4 is 0 Å². The molecule has 0 bridgehead atoms. The van der Waals surface area contributed by atoms with Crippen LogP contribution in [-0.4, -0.2) is 6.08 Å². The Hall–Kier alpha value is -1.61. The molecule has 0 amide bonds. The molecule has 0 spiro atoms.